The van der Waals surface area contributed by atoms with E-state index in [9.17, 15) is 0 Å². The third kappa shape index (κ3) is 9.51. The van der Waals surface area contributed by atoms with Crippen molar-refractivity contribution in [1.82, 2.24) is 9.97 Å². The van der Waals surface area contributed by atoms with Crippen molar-refractivity contribution in [3.05, 3.63) is 199 Å². The van der Waals surface area contributed by atoms with Crippen molar-refractivity contribution in [3.8, 4) is 44.8 Å². The third-order valence-corrected chi connectivity index (χ3v) is 13.1. The van der Waals surface area contributed by atoms with Crippen LogP contribution in [0.4, 0.5) is 0 Å². The zero-order valence-electron chi connectivity index (χ0n) is 35.2. The van der Waals surface area contributed by atoms with E-state index in [0.717, 1.165) is 56.4 Å². The average Bonchev–Trinajstić information content (AvgIpc) is 3.65. The van der Waals surface area contributed by atoms with E-state index in [4.69, 9.17) is 9.40 Å². The van der Waals surface area contributed by atoms with Crippen molar-refractivity contribution in [1.29, 1.82) is 0 Å². The molecule has 1 radical (unpaired) electrons. The van der Waals surface area contributed by atoms with E-state index in [1.165, 1.54) is 38.6 Å². The van der Waals surface area contributed by atoms with Gasteiger partial charge in [-0.2, -0.15) is 0 Å². The number of rotatable bonds is 9. The first-order valence-corrected chi connectivity index (χ1v) is 24.1. The molecule has 0 N–H and O–H groups in total. The Morgan fingerprint density at radius 1 is 0.583 bits per heavy atom. The molecular weight excluding hydrogens is 925 g/mol. The second-order valence-electron chi connectivity index (χ2n) is 16.8. The van der Waals surface area contributed by atoms with Gasteiger partial charge in [0.1, 0.15) is 5.58 Å². The maximum atomic E-state index is 6.42. The molecule has 60 heavy (non-hydrogen) atoms. The third-order valence-electron chi connectivity index (χ3n) is 11.0. The Morgan fingerprint density at radius 2 is 1.25 bits per heavy atom. The molecule has 0 saturated heterocycles. The van der Waals surface area contributed by atoms with Crippen molar-refractivity contribution in [2.24, 2.45) is 5.92 Å². The molecule has 0 aliphatic carbocycles. The molecular formula is C55H50IrN2OSi-2. The molecule has 3 aromatic heterocycles. The number of hydrogen-bond donors (Lipinski definition) is 0. The zero-order valence-corrected chi connectivity index (χ0v) is 38.6. The summed E-state index contributed by atoms with van der Waals surface area (Å²) in [6, 6.07) is 61.5. The summed E-state index contributed by atoms with van der Waals surface area (Å²) in [6.45, 7) is 14.0. The summed E-state index contributed by atoms with van der Waals surface area (Å²) in [5, 5.41) is 3.66. The van der Waals surface area contributed by atoms with Gasteiger partial charge in [0.25, 0.3) is 0 Å². The number of benzene rings is 6. The van der Waals surface area contributed by atoms with Gasteiger partial charge in [0.05, 0.1) is 13.7 Å². The Morgan fingerprint density at radius 3 is 1.93 bits per heavy atom. The molecule has 0 fully saturated rings. The Balaban J connectivity index is 0.000000220. The summed E-state index contributed by atoms with van der Waals surface area (Å²) < 4.78 is 6.42. The van der Waals surface area contributed by atoms with Crippen LogP contribution in [0.3, 0.4) is 0 Å². The number of fused-ring (bicyclic) bond motifs is 3. The molecule has 9 rings (SSSR count). The molecule has 301 valence electrons. The van der Waals surface area contributed by atoms with E-state index in [1.807, 2.05) is 36.5 Å². The van der Waals surface area contributed by atoms with Gasteiger partial charge in [0.15, 0.2) is 0 Å². The summed E-state index contributed by atoms with van der Waals surface area (Å²) >= 11 is 0. The molecule has 3 nitrogen and oxygen atoms in total. The molecule has 0 aliphatic rings. The minimum Gasteiger partial charge on any atom is -0.501 e. The molecule has 0 saturated carbocycles. The molecule has 1 atom stereocenters. The number of hydrogen-bond acceptors (Lipinski definition) is 3. The van der Waals surface area contributed by atoms with Crippen LogP contribution in [0.1, 0.15) is 43.4 Å². The molecule has 0 amide bonds. The van der Waals surface area contributed by atoms with E-state index in [1.54, 1.807) is 0 Å². The van der Waals surface area contributed by atoms with Crippen LogP contribution in [-0.2, 0) is 26.5 Å². The van der Waals surface area contributed by atoms with E-state index < -0.39 is 8.07 Å². The number of pyridine rings is 2. The van der Waals surface area contributed by atoms with Crippen LogP contribution in [0.5, 0.6) is 0 Å². The monoisotopic (exact) mass is 975 g/mol. The minimum absolute atomic E-state index is 0. The van der Waals surface area contributed by atoms with Gasteiger partial charge in [-0.05, 0) is 80.5 Å². The predicted octanol–water partition coefficient (Wildman–Crippen LogP) is 14.2. The molecule has 0 spiro atoms. The summed E-state index contributed by atoms with van der Waals surface area (Å²) in [6.07, 6.45) is 5.12. The van der Waals surface area contributed by atoms with E-state index >= 15 is 0 Å². The fourth-order valence-corrected chi connectivity index (χ4v) is 9.45. The Bertz CT molecular complexity index is 2810. The Hall–Kier alpha value is -5.71. The molecule has 3 heterocycles. The number of furan rings is 1. The summed E-state index contributed by atoms with van der Waals surface area (Å²) in [4.78, 5) is 9.40. The average molecular weight is 975 g/mol. The summed E-state index contributed by atoms with van der Waals surface area (Å²) in [7, 11) is -1.34. The van der Waals surface area contributed by atoms with Crippen molar-refractivity contribution >= 4 is 35.2 Å². The van der Waals surface area contributed by atoms with Crippen LogP contribution in [0.25, 0.3) is 66.7 Å². The standard InChI is InChI=1S/C37H26NO.C18H24NSi.Ir/c1-25(26-9-4-2-5-10-26)30-21-22-38-35(24-30)33-14-8-13-32-34-23-31(19-20-36(34)39-37(32)33)29-17-15-28(16-18-29)27-11-6-3-7-12-27;1-14(2)11-16-12-17(15-9-7-6-8-10-15)19-13-18(16)20(3,4)5;/h2-13,15-25H,1H3;6-9,12-14H,11H2,1-5H3;/q2*-1;. The fourth-order valence-electron chi connectivity index (χ4n) is 7.87. The quantitative estimate of drug-likeness (QED) is 0.107. The van der Waals surface area contributed by atoms with Gasteiger partial charge in [0, 0.05) is 43.8 Å². The normalized spacial score (nSPS) is 11.8. The predicted molar refractivity (Wildman–Crippen MR) is 251 cm³/mol. The summed E-state index contributed by atoms with van der Waals surface area (Å²) in [5.41, 5.74) is 14.3. The van der Waals surface area contributed by atoms with Gasteiger partial charge in [-0.15, -0.1) is 54.1 Å². The van der Waals surface area contributed by atoms with Crippen LogP contribution >= 0.6 is 0 Å². The number of nitrogens with zero attached hydrogens (tertiary/aromatic N) is 2. The first-order chi connectivity index (χ1) is 28.6. The topological polar surface area (TPSA) is 38.9 Å². The van der Waals surface area contributed by atoms with Crippen LogP contribution in [-0.4, -0.2) is 18.0 Å². The fraction of sp³-hybridized carbons (Fsp3) is 0.164. The maximum Gasteiger partial charge on any atom is 0.120 e. The van der Waals surface area contributed by atoms with E-state index in [2.05, 4.69) is 191 Å². The van der Waals surface area contributed by atoms with Crippen LogP contribution < -0.4 is 5.19 Å². The van der Waals surface area contributed by atoms with E-state index in [-0.39, 0.29) is 26.0 Å². The van der Waals surface area contributed by atoms with Crippen molar-refractivity contribution in [2.75, 3.05) is 0 Å². The van der Waals surface area contributed by atoms with Crippen molar-refractivity contribution in [2.45, 2.75) is 52.8 Å². The van der Waals surface area contributed by atoms with Gasteiger partial charge >= 0.3 is 0 Å². The smallest absolute Gasteiger partial charge is 0.120 e. The molecule has 0 aliphatic heterocycles. The van der Waals surface area contributed by atoms with Gasteiger partial charge in [-0.1, -0.05) is 160 Å². The van der Waals surface area contributed by atoms with E-state index in [0.29, 0.717) is 5.92 Å². The molecule has 1 unspecified atom stereocenters. The minimum atomic E-state index is -1.34. The van der Waals surface area contributed by atoms with Crippen LogP contribution in [0.2, 0.25) is 19.6 Å². The van der Waals surface area contributed by atoms with Crippen LogP contribution in [0.15, 0.2) is 175 Å². The molecule has 9 aromatic rings. The first kappa shape index (κ1) is 42.4. The Kier molecular flexibility index (Phi) is 13.2. The van der Waals surface area contributed by atoms with Gasteiger partial charge < -0.3 is 14.4 Å². The molecule has 6 aromatic carbocycles. The van der Waals surface area contributed by atoms with Gasteiger partial charge in [-0.25, -0.2) is 0 Å². The Labute approximate surface area is 370 Å². The number of aromatic nitrogens is 2. The van der Waals surface area contributed by atoms with Gasteiger partial charge in [-0.3, -0.25) is 0 Å². The second kappa shape index (κ2) is 18.7. The van der Waals surface area contributed by atoms with Crippen molar-refractivity contribution < 1.29 is 24.5 Å². The summed E-state index contributed by atoms with van der Waals surface area (Å²) in [5.74, 6) is 0.929. The zero-order chi connectivity index (χ0) is 40.9. The van der Waals surface area contributed by atoms with Gasteiger partial charge in [0.2, 0.25) is 0 Å². The largest absolute Gasteiger partial charge is 0.501 e. The van der Waals surface area contributed by atoms with Crippen molar-refractivity contribution in [3.63, 3.8) is 0 Å². The first-order valence-electron chi connectivity index (χ1n) is 20.6. The molecule has 0 bridgehead atoms. The maximum absolute atomic E-state index is 6.42. The molecule has 5 heteroatoms. The van der Waals surface area contributed by atoms with Crippen LogP contribution in [0, 0.1) is 18.1 Å². The SMILES string of the molecule is CC(C)Cc1cc(-c2[c-]cccc2)ncc1[Si](C)(C)C.CC(c1ccccc1)c1ccnc(-c2[c-]ccc3c2oc2ccc(-c4ccc(-c5ccccc5)cc4)cc23)c1.[Ir]. The second-order valence-corrected chi connectivity index (χ2v) is 21.8.